The highest BCUT2D eigenvalue weighted by Gasteiger charge is 2.12. The van der Waals surface area contributed by atoms with E-state index in [1.54, 1.807) is 0 Å². The van der Waals surface area contributed by atoms with E-state index in [0.717, 1.165) is 27.9 Å². The van der Waals surface area contributed by atoms with Crippen molar-refractivity contribution in [3.8, 4) is 5.75 Å². The second kappa shape index (κ2) is 9.41. The number of ether oxygens (including phenoxy) is 2. The van der Waals surface area contributed by atoms with E-state index in [1.165, 1.54) is 0 Å². The standard InChI is InChI=1S/C16H26BrNO3/c1-5-20-9-15(19)10-21-16-12(4)6-14(17)7-13(16)8-18-11(2)3/h6-7,11,15,18-19H,5,8-10H2,1-4H3. The summed E-state index contributed by atoms with van der Waals surface area (Å²) in [7, 11) is 0. The van der Waals surface area contributed by atoms with Crippen LogP contribution in [-0.4, -0.2) is 37.1 Å². The van der Waals surface area contributed by atoms with Crippen LogP contribution in [0.25, 0.3) is 0 Å². The minimum absolute atomic E-state index is 0.233. The number of hydrogen-bond acceptors (Lipinski definition) is 4. The molecule has 0 bridgehead atoms. The molecule has 5 heteroatoms. The monoisotopic (exact) mass is 359 g/mol. The van der Waals surface area contributed by atoms with E-state index >= 15 is 0 Å². The maximum Gasteiger partial charge on any atom is 0.126 e. The molecule has 1 unspecified atom stereocenters. The summed E-state index contributed by atoms with van der Waals surface area (Å²) < 4.78 is 12.0. The van der Waals surface area contributed by atoms with Gasteiger partial charge in [0.1, 0.15) is 18.5 Å². The van der Waals surface area contributed by atoms with Crippen molar-refractivity contribution in [1.29, 1.82) is 0 Å². The molecule has 1 rings (SSSR count). The second-order valence-corrected chi connectivity index (χ2v) is 6.29. The Bertz CT molecular complexity index is 438. The number of aliphatic hydroxyl groups excluding tert-OH is 1. The number of aliphatic hydroxyl groups is 1. The van der Waals surface area contributed by atoms with Crippen LogP contribution >= 0.6 is 15.9 Å². The van der Waals surface area contributed by atoms with Gasteiger partial charge in [-0.3, -0.25) is 0 Å². The lowest BCUT2D eigenvalue weighted by Gasteiger charge is -2.18. The minimum atomic E-state index is -0.612. The van der Waals surface area contributed by atoms with Crippen LogP contribution in [0.4, 0.5) is 0 Å². The summed E-state index contributed by atoms with van der Waals surface area (Å²) in [6.45, 7) is 9.99. The van der Waals surface area contributed by atoms with Crippen LogP contribution < -0.4 is 10.1 Å². The summed E-state index contributed by atoms with van der Waals surface area (Å²) >= 11 is 3.52. The van der Waals surface area contributed by atoms with Gasteiger partial charge < -0.3 is 19.9 Å². The summed E-state index contributed by atoms with van der Waals surface area (Å²) in [5.74, 6) is 0.835. The summed E-state index contributed by atoms with van der Waals surface area (Å²) in [6.07, 6.45) is -0.612. The van der Waals surface area contributed by atoms with Crippen molar-refractivity contribution in [2.24, 2.45) is 0 Å². The average Bonchev–Trinajstić information content (AvgIpc) is 2.41. The quantitative estimate of drug-likeness (QED) is 0.711. The normalized spacial score (nSPS) is 12.7. The molecule has 0 heterocycles. The van der Waals surface area contributed by atoms with E-state index in [0.29, 0.717) is 19.3 Å². The lowest BCUT2D eigenvalue weighted by atomic mass is 10.1. The molecule has 0 aliphatic rings. The molecule has 21 heavy (non-hydrogen) atoms. The van der Waals surface area contributed by atoms with Gasteiger partial charge in [-0.2, -0.15) is 0 Å². The van der Waals surface area contributed by atoms with Crippen LogP contribution in [0.2, 0.25) is 0 Å². The van der Waals surface area contributed by atoms with Crippen molar-refractivity contribution in [2.75, 3.05) is 19.8 Å². The number of hydrogen-bond donors (Lipinski definition) is 2. The second-order valence-electron chi connectivity index (χ2n) is 5.37. The smallest absolute Gasteiger partial charge is 0.126 e. The van der Waals surface area contributed by atoms with E-state index < -0.39 is 6.10 Å². The van der Waals surface area contributed by atoms with Gasteiger partial charge in [0.05, 0.1) is 6.61 Å². The van der Waals surface area contributed by atoms with Crippen LogP contribution in [0.15, 0.2) is 16.6 Å². The molecule has 1 atom stereocenters. The van der Waals surface area contributed by atoms with Crippen molar-refractivity contribution in [3.63, 3.8) is 0 Å². The number of rotatable bonds is 9. The molecule has 1 aromatic rings. The maximum atomic E-state index is 9.82. The first-order valence-electron chi connectivity index (χ1n) is 7.35. The predicted molar refractivity (Wildman–Crippen MR) is 88.8 cm³/mol. The van der Waals surface area contributed by atoms with Crippen LogP contribution in [0.1, 0.15) is 31.9 Å². The highest BCUT2D eigenvalue weighted by Crippen LogP contribution is 2.28. The molecule has 1 aromatic carbocycles. The molecule has 0 radical (unpaired) electrons. The average molecular weight is 360 g/mol. The zero-order chi connectivity index (χ0) is 15.8. The Hall–Kier alpha value is -0.620. The third kappa shape index (κ3) is 6.78. The molecule has 0 fully saturated rings. The molecule has 2 N–H and O–H groups in total. The topological polar surface area (TPSA) is 50.7 Å². The zero-order valence-electron chi connectivity index (χ0n) is 13.3. The first kappa shape index (κ1) is 18.4. The van der Waals surface area contributed by atoms with Crippen molar-refractivity contribution in [2.45, 2.75) is 46.4 Å². The van der Waals surface area contributed by atoms with Gasteiger partial charge in [-0.1, -0.05) is 29.8 Å². The number of nitrogens with one attached hydrogen (secondary N) is 1. The van der Waals surface area contributed by atoms with Gasteiger partial charge >= 0.3 is 0 Å². The molecule has 0 aromatic heterocycles. The Morgan fingerprint density at radius 3 is 2.62 bits per heavy atom. The van der Waals surface area contributed by atoms with E-state index in [9.17, 15) is 5.11 Å². The van der Waals surface area contributed by atoms with Crippen LogP contribution in [0.3, 0.4) is 0 Å². The number of halogens is 1. The van der Waals surface area contributed by atoms with Gasteiger partial charge in [-0.05, 0) is 31.5 Å². The van der Waals surface area contributed by atoms with Gasteiger partial charge in [-0.15, -0.1) is 0 Å². The molecule has 0 amide bonds. The van der Waals surface area contributed by atoms with Crippen LogP contribution in [0, 0.1) is 6.92 Å². The molecule has 0 saturated carbocycles. The summed E-state index contributed by atoms with van der Waals surface area (Å²) in [4.78, 5) is 0. The van der Waals surface area contributed by atoms with Gasteiger partial charge in [0, 0.05) is 29.2 Å². The molecule has 0 spiro atoms. The molecule has 120 valence electrons. The largest absolute Gasteiger partial charge is 0.490 e. The summed E-state index contributed by atoms with van der Waals surface area (Å²) in [5.41, 5.74) is 2.13. The van der Waals surface area contributed by atoms with E-state index in [1.807, 2.05) is 26.0 Å². The maximum absolute atomic E-state index is 9.82. The Morgan fingerprint density at radius 2 is 2.00 bits per heavy atom. The molecule has 0 aliphatic heterocycles. The van der Waals surface area contributed by atoms with E-state index in [2.05, 4.69) is 35.1 Å². The van der Waals surface area contributed by atoms with Gasteiger partial charge in [0.25, 0.3) is 0 Å². The number of benzene rings is 1. The Morgan fingerprint density at radius 1 is 1.29 bits per heavy atom. The van der Waals surface area contributed by atoms with Crippen molar-refractivity contribution in [1.82, 2.24) is 5.32 Å². The molecule has 0 saturated heterocycles. The van der Waals surface area contributed by atoms with Crippen molar-refractivity contribution < 1.29 is 14.6 Å². The number of aryl methyl sites for hydroxylation is 1. The third-order valence-corrected chi connectivity index (χ3v) is 3.41. The Kier molecular flexibility index (Phi) is 8.26. The van der Waals surface area contributed by atoms with Gasteiger partial charge in [0.2, 0.25) is 0 Å². The highest BCUT2D eigenvalue weighted by atomic mass is 79.9. The summed E-state index contributed by atoms with van der Waals surface area (Å²) in [6, 6.07) is 4.47. The molecular formula is C16H26BrNO3. The van der Waals surface area contributed by atoms with Gasteiger partial charge in [0.15, 0.2) is 0 Å². The third-order valence-electron chi connectivity index (χ3n) is 2.95. The lowest BCUT2D eigenvalue weighted by molar-refractivity contribution is 0.0161. The Labute approximate surface area is 136 Å². The minimum Gasteiger partial charge on any atom is -0.490 e. The van der Waals surface area contributed by atoms with Gasteiger partial charge in [-0.25, -0.2) is 0 Å². The molecule has 4 nitrogen and oxygen atoms in total. The van der Waals surface area contributed by atoms with Crippen molar-refractivity contribution >= 4 is 15.9 Å². The first-order chi connectivity index (χ1) is 9.93. The van der Waals surface area contributed by atoms with E-state index in [-0.39, 0.29) is 6.61 Å². The lowest BCUT2D eigenvalue weighted by Crippen LogP contribution is -2.25. The zero-order valence-corrected chi connectivity index (χ0v) is 14.9. The fraction of sp³-hybridized carbons (Fsp3) is 0.625. The van der Waals surface area contributed by atoms with E-state index in [4.69, 9.17) is 9.47 Å². The van der Waals surface area contributed by atoms with Crippen molar-refractivity contribution in [3.05, 3.63) is 27.7 Å². The van der Waals surface area contributed by atoms with Crippen LogP contribution in [0.5, 0.6) is 5.75 Å². The SMILES string of the molecule is CCOCC(O)COc1c(C)cc(Br)cc1CNC(C)C. The highest BCUT2D eigenvalue weighted by molar-refractivity contribution is 9.10. The fourth-order valence-electron chi connectivity index (χ4n) is 1.93. The molecular weight excluding hydrogens is 334 g/mol. The Balaban J connectivity index is 2.74. The van der Waals surface area contributed by atoms with Crippen LogP contribution in [-0.2, 0) is 11.3 Å². The predicted octanol–water partition coefficient (Wildman–Crippen LogP) is 3.03. The fourth-order valence-corrected chi connectivity index (χ4v) is 2.55. The summed E-state index contributed by atoms with van der Waals surface area (Å²) in [5, 5.41) is 13.2. The molecule has 0 aliphatic carbocycles. The first-order valence-corrected chi connectivity index (χ1v) is 8.14.